The van der Waals surface area contributed by atoms with Crippen LogP contribution in [0.5, 0.6) is 0 Å². The van der Waals surface area contributed by atoms with Gasteiger partial charge in [-0.25, -0.2) is 0 Å². The zero-order valence-electron chi connectivity index (χ0n) is 9.69. The van der Waals surface area contributed by atoms with E-state index in [4.69, 9.17) is 0 Å². The predicted molar refractivity (Wildman–Crippen MR) is 66.9 cm³/mol. The summed E-state index contributed by atoms with van der Waals surface area (Å²) in [6.07, 6.45) is 0.549. The van der Waals surface area contributed by atoms with Gasteiger partial charge in [-0.3, -0.25) is 20.2 Å². The lowest BCUT2D eigenvalue weighted by molar-refractivity contribution is -0.134. The van der Waals surface area contributed by atoms with Crippen molar-refractivity contribution in [3.05, 3.63) is 36.0 Å². The van der Waals surface area contributed by atoms with Gasteiger partial charge in [-0.15, -0.1) is 0 Å². The third kappa shape index (κ3) is 2.00. The van der Waals surface area contributed by atoms with Gasteiger partial charge in [0, 0.05) is 17.6 Å². The number of nitrogens with one attached hydrogen (secondary N) is 3. The van der Waals surface area contributed by atoms with Crippen molar-refractivity contribution in [1.82, 2.24) is 15.6 Å². The standard InChI is InChI=1S/C13H13N3O2/c17-12-7-14-11(13(18)16-12)6-9-5-8-3-1-2-4-10(8)15-9/h1-5,11,14-15H,6-7H2,(H,16,17,18)/t11-/m0/s1. The summed E-state index contributed by atoms with van der Waals surface area (Å²) in [6, 6.07) is 9.64. The number of hydrogen-bond donors (Lipinski definition) is 3. The van der Waals surface area contributed by atoms with E-state index in [2.05, 4.69) is 15.6 Å². The number of para-hydroxylation sites is 1. The molecule has 1 atom stereocenters. The van der Waals surface area contributed by atoms with E-state index in [9.17, 15) is 9.59 Å². The Kier molecular flexibility index (Phi) is 2.60. The van der Waals surface area contributed by atoms with Crippen LogP contribution in [0, 0.1) is 0 Å². The Morgan fingerprint density at radius 1 is 1.22 bits per heavy atom. The third-order valence-corrected chi connectivity index (χ3v) is 3.10. The van der Waals surface area contributed by atoms with Gasteiger partial charge >= 0.3 is 0 Å². The molecule has 0 saturated carbocycles. The van der Waals surface area contributed by atoms with E-state index in [1.54, 1.807) is 0 Å². The molecule has 1 aromatic heterocycles. The minimum Gasteiger partial charge on any atom is -0.358 e. The minimum atomic E-state index is -0.351. The van der Waals surface area contributed by atoms with Crippen molar-refractivity contribution in [2.75, 3.05) is 6.54 Å². The van der Waals surface area contributed by atoms with Gasteiger partial charge in [0.1, 0.15) is 0 Å². The van der Waals surface area contributed by atoms with E-state index in [1.807, 2.05) is 30.3 Å². The molecule has 2 amide bonds. The monoisotopic (exact) mass is 243 g/mol. The molecule has 18 heavy (non-hydrogen) atoms. The number of rotatable bonds is 2. The zero-order chi connectivity index (χ0) is 12.5. The first-order chi connectivity index (χ1) is 8.72. The lowest BCUT2D eigenvalue weighted by Gasteiger charge is -2.21. The maximum Gasteiger partial charge on any atom is 0.244 e. The van der Waals surface area contributed by atoms with E-state index in [0.29, 0.717) is 6.42 Å². The highest BCUT2D eigenvalue weighted by Gasteiger charge is 2.26. The fourth-order valence-electron chi connectivity index (χ4n) is 2.21. The number of carbonyl (C=O) groups excluding carboxylic acids is 2. The molecule has 0 bridgehead atoms. The summed E-state index contributed by atoms with van der Waals surface area (Å²) in [5.74, 6) is -0.530. The van der Waals surface area contributed by atoms with Crippen molar-refractivity contribution in [2.24, 2.45) is 0 Å². The number of fused-ring (bicyclic) bond motifs is 1. The third-order valence-electron chi connectivity index (χ3n) is 3.10. The molecule has 0 unspecified atom stereocenters. The summed E-state index contributed by atoms with van der Waals surface area (Å²) >= 11 is 0. The van der Waals surface area contributed by atoms with Crippen LogP contribution in [0.3, 0.4) is 0 Å². The number of H-pyrrole nitrogens is 1. The molecule has 92 valence electrons. The molecule has 3 rings (SSSR count). The average Bonchev–Trinajstić information content (AvgIpc) is 2.75. The first kappa shape index (κ1) is 11.0. The number of aromatic amines is 1. The number of benzene rings is 1. The van der Waals surface area contributed by atoms with Gasteiger partial charge in [0.25, 0.3) is 0 Å². The van der Waals surface area contributed by atoms with E-state index < -0.39 is 0 Å². The average molecular weight is 243 g/mol. The maximum absolute atomic E-state index is 11.6. The summed E-state index contributed by atoms with van der Waals surface area (Å²) in [5, 5.41) is 6.38. The molecule has 0 spiro atoms. The summed E-state index contributed by atoms with van der Waals surface area (Å²) in [5.41, 5.74) is 2.04. The van der Waals surface area contributed by atoms with Gasteiger partial charge in [-0.05, 0) is 17.5 Å². The quantitative estimate of drug-likeness (QED) is 0.665. The lowest BCUT2D eigenvalue weighted by atomic mass is 10.1. The van der Waals surface area contributed by atoms with Crippen LogP contribution in [0.15, 0.2) is 30.3 Å². The first-order valence-electron chi connectivity index (χ1n) is 5.86. The van der Waals surface area contributed by atoms with Crippen LogP contribution in [-0.4, -0.2) is 29.4 Å². The molecule has 1 fully saturated rings. The van der Waals surface area contributed by atoms with Gasteiger partial charge in [-0.1, -0.05) is 18.2 Å². The van der Waals surface area contributed by atoms with E-state index in [-0.39, 0.29) is 24.4 Å². The Labute approximate surface area is 104 Å². The second-order valence-corrected chi connectivity index (χ2v) is 4.43. The molecule has 5 heteroatoms. The molecule has 1 aromatic carbocycles. The summed E-state index contributed by atoms with van der Waals surface area (Å²) < 4.78 is 0. The molecular weight excluding hydrogens is 230 g/mol. The van der Waals surface area contributed by atoms with Crippen molar-refractivity contribution in [2.45, 2.75) is 12.5 Å². The number of aromatic nitrogens is 1. The van der Waals surface area contributed by atoms with Crippen molar-refractivity contribution in [3.8, 4) is 0 Å². The topological polar surface area (TPSA) is 74.0 Å². The second-order valence-electron chi connectivity index (χ2n) is 4.43. The van der Waals surface area contributed by atoms with Crippen LogP contribution in [0.2, 0.25) is 0 Å². The number of imide groups is 1. The number of carbonyl (C=O) groups is 2. The van der Waals surface area contributed by atoms with Crippen molar-refractivity contribution in [1.29, 1.82) is 0 Å². The number of piperazine rings is 1. The molecule has 3 N–H and O–H groups in total. The highest BCUT2D eigenvalue weighted by atomic mass is 16.2. The highest BCUT2D eigenvalue weighted by Crippen LogP contribution is 2.16. The molecule has 0 aliphatic carbocycles. The summed E-state index contributed by atoms with van der Waals surface area (Å²) in [4.78, 5) is 25.9. The van der Waals surface area contributed by atoms with Crippen LogP contribution in [-0.2, 0) is 16.0 Å². The number of hydrogen-bond acceptors (Lipinski definition) is 3. The smallest absolute Gasteiger partial charge is 0.244 e. The molecule has 1 aliphatic heterocycles. The van der Waals surface area contributed by atoms with Gasteiger partial charge in [-0.2, -0.15) is 0 Å². The van der Waals surface area contributed by atoms with Crippen LogP contribution < -0.4 is 10.6 Å². The fraction of sp³-hybridized carbons (Fsp3) is 0.231. The van der Waals surface area contributed by atoms with Crippen LogP contribution in [0.1, 0.15) is 5.69 Å². The maximum atomic E-state index is 11.6. The van der Waals surface area contributed by atoms with Gasteiger partial charge < -0.3 is 4.98 Å². The SMILES string of the molecule is O=C1CN[C@@H](Cc2cc3ccccc3[nH]2)C(=O)N1. The van der Waals surface area contributed by atoms with Gasteiger partial charge in [0.05, 0.1) is 12.6 Å². The van der Waals surface area contributed by atoms with Crippen molar-refractivity contribution < 1.29 is 9.59 Å². The normalized spacial score (nSPS) is 20.1. The van der Waals surface area contributed by atoms with Crippen LogP contribution in [0.4, 0.5) is 0 Å². The predicted octanol–water partition coefficient (Wildman–Crippen LogP) is 0.325. The first-order valence-corrected chi connectivity index (χ1v) is 5.86. The van der Waals surface area contributed by atoms with Crippen LogP contribution in [0.25, 0.3) is 10.9 Å². The Balaban J connectivity index is 1.79. The van der Waals surface area contributed by atoms with E-state index in [0.717, 1.165) is 16.6 Å². The Morgan fingerprint density at radius 2 is 2.06 bits per heavy atom. The van der Waals surface area contributed by atoms with E-state index in [1.165, 1.54) is 0 Å². The molecule has 5 nitrogen and oxygen atoms in total. The van der Waals surface area contributed by atoms with Gasteiger partial charge in [0.15, 0.2) is 0 Å². The molecule has 1 saturated heterocycles. The largest absolute Gasteiger partial charge is 0.358 e. The number of amides is 2. The Bertz CT molecular complexity index is 584. The molecular formula is C13H13N3O2. The Morgan fingerprint density at radius 3 is 2.83 bits per heavy atom. The van der Waals surface area contributed by atoms with Gasteiger partial charge in [0.2, 0.25) is 11.8 Å². The van der Waals surface area contributed by atoms with Crippen molar-refractivity contribution in [3.63, 3.8) is 0 Å². The lowest BCUT2D eigenvalue weighted by Crippen LogP contribution is -2.56. The minimum absolute atomic E-state index is 0.191. The van der Waals surface area contributed by atoms with Crippen molar-refractivity contribution >= 4 is 22.7 Å². The van der Waals surface area contributed by atoms with Crippen LogP contribution >= 0.6 is 0 Å². The fourth-order valence-corrected chi connectivity index (χ4v) is 2.21. The summed E-state index contributed by atoms with van der Waals surface area (Å²) in [6.45, 7) is 0.191. The highest BCUT2D eigenvalue weighted by molar-refractivity contribution is 6.01. The second kappa shape index (κ2) is 4.27. The zero-order valence-corrected chi connectivity index (χ0v) is 9.69. The molecule has 2 aromatic rings. The molecule has 2 heterocycles. The Hall–Kier alpha value is -2.14. The molecule has 1 aliphatic rings. The molecule has 0 radical (unpaired) electrons. The van der Waals surface area contributed by atoms with E-state index >= 15 is 0 Å². The summed E-state index contributed by atoms with van der Waals surface area (Å²) in [7, 11) is 0.